The van der Waals surface area contributed by atoms with Gasteiger partial charge in [0.2, 0.25) is 0 Å². The zero-order valence-corrected chi connectivity index (χ0v) is 14.3. The maximum Gasteiger partial charge on any atom is 0.120 e. The zero-order valence-electron chi connectivity index (χ0n) is 14.3. The molecule has 1 N–H and O–H groups in total. The van der Waals surface area contributed by atoms with Crippen molar-refractivity contribution in [3.05, 3.63) is 60.2 Å². The van der Waals surface area contributed by atoms with E-state index in [0.717, 1.165) is 42.9 Å². The van der Waals surface area contributed by atoms with Gasteiger partial charge in [-0.15, -0.1) is 0 Å². The predicted octanol–water partition coefficient (Wildman–Crippen LogP) is 4.98. The smallest absolute Gasteiger partial charge is 0.120 e. The minimum absolute atomic E-state index is 0.314. The zero-order chi connectivity index (χ0) is 16.9. The van der Waals surface area contributed by atoms with Crippen molar-refractivity contribution in [1.29, 1.82) is 0 Å². The summed E-state index contributed by atoms with van der Waals surface area (Å²) in [6.45, 7) is 1.65. The Hall–Kier alpha value is -2.00. The van der Waals surface area contributed by atoms with E-state index in [9.17, 15) is 0 Å². The van der Waals surface area contributed by atoms with E-state index in [4.69, 9.17) is 14.6 Å². The van der Waals surface area contributed by atoms with Crippen LogP contribution in [0, 0.1) is 0 Å². The molecule has 2 aromatic rings. The maximum atomic E-state index is 8.72. The van der Waals surface area contributed by atoms with Crippen LogP contribution in [0.5, 0.6) is 11.5 Å². The molecule has 0 aliphatic rings. The van der Waals surface area contributed by atoms with E-state index in [2.05, 4.69) is 12.1 Å². The number of benzene rings is 2. The molecule has 0 aliphatic carbocycles. The fourth-order valence-corrected chi connectivity index (χ4v) is 2.48. The minimum atomic E-state index is 0.314. The third-order valence-electron chi connectivity index (χ3n) is 3.89. The molecule has 2 aromatic carbocycles. The van der Waals surface area contributed by atoms with Crippen LogP contribution in [0.3, 0.4) is 0 Å². The lowest BCUT2D eigenvalue weighted by molar-refractivity contribution is 0.280. The second kappa shape index (κ2) is 11.5. The van der Waals surface area contributed by atoms with Gasteiger partial charge in [0.15, 0.2) is 0 Å². The van der Waals surface area contributed by atoms with Crippen molar-refractivity contribution >= 4 is 0 Å². The first-order chi connectivity index (χ1) is 11.9. The number of rotatable bonds is 12. The predicted molar refractivity (Wildman–Crippen MR) is 97.5 cm³/mol. The SMILES string of the molecule is OCCCCCCCCOc1ccc(OCc2ccccc2)cc1. The Bertz CT molecular complexity index is 537. The summed E-state index contributed by atoms with van der Waals surface area (Å²) in [5, 5.41) is 8.72. The largest absolute Gasteiger partial charge is 0.494 e. The quantitative estimate of drug-likeness (QED) is 0.559. The van der Waals surface area contributed by atoms with Crippen LogP contribution in [0.2, 0.25) is 0 Å². The van der Waals surface area contributed by atoms with E-state index in [-0.39, 0.29) is 0 Å². The molecule has 0 spiro atoms. The molecule has 0 radical (unpaired) electrons. The van der Waals surface area contributed by atoms with E-state index in [0.29, 0.717) is 13.2 Å². The van der Waals surface area contributed by atoms with Crippen LogP contribution in [-0.2, 0) is 6.61 Å². The van der Waals surface area contributed by atoms with Crippen LogP contribution < -0.4 is 9.47 Å². The van der Waals surface area contributed by atoms with Gasteiger partial charge in [-0.1, -0.05) is 56.0 Å². The van der Waals surface area contributed by atoms with Gasteiger partial charge in [-0.05, 0) is 42.7 Å². The van der Waals surface area contributed by atoms with Gasteiger partial charge in [-0.2, -0.15) is 0 Å². The highest BCUT2D eigenvalue weighted by Crippen LogP contribution is 2.19. The average molecular weight is 328 g/mol. The van der Waals surface area contributed by atoms with Crippen molar-refractivity contribution in [2.75, 3.05) is 13.2 Å². The van der Waals surface area contributed by atoms with Gasteiger partial charge < -0.3 is 14.6 Å². The second-order valence-corrected chi connectivity index (χ2v) is 5.94. The molecule has 0 aliphatic heterocycles. The van der Waals surface area contributed by atoms with Gasteiger partial charge in [0.05, 0.1) is 6.61 Å². The van der Waals surface area contributed by atoms with Gasteiger partial charge in [0.25, 0.3) is 0 Å². The fourth-order valence-electron chi connectivity index (χ4n) is 2.48. The van der Waals surface area contributed by atoms with Crippen LogP contribution in [0.15, 0.2) is 54.6 Å². The Morgan fingerprint density at radius 1 is 0.625 bits per heavy atom. The Morgan fingerprint density at radius 3 is 1.88 bits per heavy atom. The maximum absolute atomic E-state index is 8.72. The average Bonchev–Trinajstić information content (AvgIpc) is 2.64. The van der Waals surface area contributed by atoms with Crippen LogP contribution in [0.1, 0.15) is 44.1 Å². The summed E-state index contributed by atoms with van der Waals surface area (Å²) in [6.07, 6.45) is 6.73. The summed E-state index contributed by atoms with van der Waals surface area (Å²) in [4.78, 5) is 0. The van der Waals surface area contributed by atoms with Crippen molar-refractivity contribution in [2.24, 2.45) is 0 Å². The highest BCUT2D eigenvalue weighted by atomic mass is 16.5. The van der Waals surface area contributed by atoms with Gasteiger partial charge in [-0.25, -0.2) is 0 Å². The standard InChI is InChI=1S/C21H28O3/c22-16-8-3-1-2-4-9-17-23-20-12-14-21(15-13-20)24-18-19-10-6-5-7-11-19/h5-7,10-15,22H,1-4,8-9,16-18H2. The molecule has 130 valence electrons. The van der Waals surface area contributed by atoms with E-state index in [1.165, 1.54) is 19.3 Å². The summed E-state index contributed by atoms with van der Waals surface area (Å²) in [5.41, 5.74) is 1.16. The Morgan fingerprint density at radius 2 is 1.21 bits per heavy atom. The van der Waals surface area contributed by atoms with E-state index in [1.807, 2.05) is 42.5 Å². The molecule has 3 nitrogen and oxygen atoms in total. The first kappa shape index (κ1) is 18.3. The number of hydrogen-bond donors (Lipinski definition) is 1. The highest BCUT2D eigenvalue weighted by molar-refractivity contribution is 5.31. The molecular weight excluding hydrogens is 300 g/mol. The highest BCUT2D eigenvalue weighted by Gasteiger charge is 1.98. The second-order valence-electron chi connectivity index (χ2n) is 5.94. The molecule has 24 heavy (non-hydrogen) atoms. The van der Waals surface area contributed by atoms with Crippen molar-refractivity contribution in [3.8, 4) is 11.5 Å². The number of ether oxygens (including phenoxy) is 2. The molecule has 2 rings (SSSR count). The minimum Gasteiger partial charge on any atom is -0.494 e. The summed E-state index contributed by atoms with van der Waals surface area (Å²) in [7, 11) is 0. The molecule has 0 saturated carbocycles. The molecule has 0 saturated heterocycles. The third kappa shape index (κ3) is 7.51. The monoisotopic (exact) mass is 328 g/mol. The Balaban J connectivity index is 1.58. The van der Waals surface area contributed by atoms with Gasteiger partial charge in [0, 0.05) is 6.61 Å². The van der Waals surface area contributed by atoms with Crippen molar-refractivity contribution in [2.45, 2.75) is 45.1 Å². The first-order valence-electron chi connectivity index (χ1n) is 8.89. The Labute approximate surface area is 145 Å². The molecular formula is C21H28O3. The molecule has 0 atom stereocenters. The van der Waals surface area contributed by atoms with E-state index < -0.39 is 0 Å². The van der Waals surface area contributed by atoms with E-state index in [1.54, 1.807) is 0 Å². The Kier molecular flexibility index (Phi) is 8.81. The van der Waals surface area contributed by atoms with Gasteiger partial charge >= 0.3 is 0 Å². The molecule has 0 bridgehead atoms. The molecule has 3 heteroatoms. The fraction of sp³-hybridized carbons (Fsp3) is 0.429. The number of aliphatic hydroxyl groups excluding tert-OH is 1. The van der Waals surface area contributed by atoms with Crippen LogP contribution >= 0.6 is 0 Å². The summed E-state index contributed by atoms with van der Waals surface area (Å²) in [6, 6.07) is 18.0. The number of unbranched alkanes of at least 4 members (excludes halogenated alkanes) is 5. The number of aliphatic hydroxyl groups is 1. The molecule has 0 unspecified atom stereocenters. The molecule has 0 aromatic heterocycles. The molecule has 0 heterocycles. The van der Waals surface area contributed by atoms with E-state index >= 15 is 0 Å². The first-order valence-corrected chi connectivity index (χ1v) is 8.89. The van der Waals surface area contributed by atoms with Crippen molar-refractivity contribution < 1.29 is 14.6 Å². The third-order valence-corrected chi connectivity index (χ3v) is 3.89. The lowest BCUT2D eigenvalue weighted by Gasteiger charge is -2.09. The summed E-state index contributed by atoms with van der Waals surface area (Å²) in [5.74, 6) is 1.75. The van der Waals surface area contributed by atoms with Crippen LogP contribution in [-0.4, -0.2) is 18.3 Å². The molecule has 0 amide bonds. The lowest BCUT2D eigenvalue weighted by Crippen LogP contribution is -1.98. The normalized spacial score (nSPS) is 10.5. The lowest BCUT2D eigenvalue weighted by atomic mass is 10.1. The number of hydrogen-bond acceptors (Lipinski definition) is 3. The van der Waals surface area contributed by atoms with Crippen LogP contribution in [0.4, 0.5) is 0 Å². The topological polar surface area (TPSA) is 38.7 Å². The van der Waals surface area contributed by atoms with Gasteiger partial charge in [0.1, 0.15) is 18.1 Å². The van der Waals surface area contributed by atoms with Crippen molar-refractivity contribution in [3.63, 3.8) is 0 Å². The van der Waals surface area contributed by atoms with Crippen molar-refractivity contribution in [1.82, 2.24) is 0 Å². The molecule has 0 fully saturated rings. The summed E-state index contributed by atoms with van der Waals surface area (Å²) >= 11 is 0. The van der Waals surface area contributed by atoms with Gasteiger partial charge in [-0.3, -0.25) is 0 Å². The van der Waals surface area contributed by atoms with Crippen LogP contribution in [0.25, 0.3) is 0 Å². The summed E-state index contributed by atoms with van der Waals surface area (Å²) < 4.78 is 11.5.